The molecule has 0 aliphatic rings. The second kappa shape index (κ2) is 4.89. The lowest BCUT2D eigenvalue weighted by Crippen LogP contribution is -2.06. The molecule has 0 spiro atoms. The van der Waals surface area contributed by atoms with Gasteiger partial charge in [-0.15, -0.1) is 0 Å². The first-order valence-corrected chi connectivity index (χ1v) is 5.48. The van der Waals surface area contributed by atoms with Gasteiger partial charge in [0, 0.05) is 17.8 Å². The van der Waals surface area contributed by atoms with Crippen LogP contribution in [0.1, 0.15) is 21.6 Å². The highest BCUT2D eigenvalue weighted by molar-refractivity contribution is 5.85. The molecule has 98 valence electrons. The summed E-state index contributed by atoms with van der Waals surface area (Å²) in [5.74, 6) is -1.10. The zero-order valence-electron chi connectivity index (χ0n) is 10.1. The average Bonchev–Trinajstić information content (AvgIpc) is 2.80. The number of aromatic carboxylic acids is 1. The molecule has 0 unspecified atom stereocenters. The van der Waals surface area contributed by atoms with Gasteiger partial charge in [0.15, 0.2) is 5.69 Å². The second-order valence-corrected chi connectivity index (χ2v) is 4.02. The second-order valence-electron chi connectivity index (χ2n) is 4.02. The maximum atomic E-state index is 10.8. The summed E-state index contributed by atoms with van der Waals surface area (Å²) in [6.07, 6.45) is 1.53. The summed E-state index contributed by atoms with van der Waals surface area (Å²) in [7, 11) is 0. The first-order valence-electron chi connectivity index (χ1n) is 5.48. The Hall–Kier alpha value is -2.70. The lowest BCUT2D eigenvalue weighted by Gasteiger charge is -2.06. The number of carbonyl (C=O) groups is 1. The molecule has 2 aromatic rings. The molecule has 0 saturated carbocycles. The van der Waals surface area contributed by atoms with E-state index < -0.39 is 10.9 Å². The first-order chi connectivity index (χ1) is 8.99. The predicted molar refractivity (Wildman–Crippen MR) is 66.1 cm³/mol. The van der Waals surface area contributed by atoms with E-state index in [1.54, 1.807) is 19.1 Å². The number of hydrogen-bond donors (Lipinski definition) is 1. The molecular formula is C12H11N3O4. The Morgan fingerprint density at radius 3 is 2.79 bits per heavy atom. The van der Waals surface area contributed by atoms with Gasteiger partial charge >= 0.3 is 5.97 Å². The molecule has 0 bridgehead atoms. The van der Waals surface area contributed by atoms with Crippen molar-refractivity contribution >= 4 is 11.7 Å². The van der Waals surface area contributed by atoms with Crippen molar-refractivity contribution in [3.63, 3.8) is 0 Å². The highest BCUT2D eigenvalue weighted by Gasteiger charge is 2.14. The number of benzene rings is 1. The van der Waals surface area contributed by atoms with Gasteiger partial charge in [-0.3, -0.25) is 14.8 Å². The summed E-state index contributed by atoms with van der Waals surface area (Å²) in [6, 6.07) is 6.17. The Morgan fingerprint density at radius 2 is 2.21 bits per heavy atom. The normalized spacial score (nSPS) is 10.4. The third kappa shape index (κ3) is 2.59. The van der Waals surface area contributed by atoms with Crippen molar-refractivity contribution in [2.75, 3.05) is 0 Å². The van der Waals surface area contributed by atoms with Crippen molar-refractivity contribution in [1.29, 1.82) is 0 Å². The Balaban J connectivity index is 2.30. The number of rotatable bonds is 4. The van der Waals surface area contributed by atoms with E-state index in [4.69, 9.17) is 5.11 Å². The van der Waals surface area contributed by atoms with Crippen molar-refractivity contribution in [3.05, 3.63) is 57.4 Å². The summed E-state index contributed by atoms with van der Waals surface area (Å²) < 4.78 is 1.44. The summed E-state index contributed by atoms with van der Waals surface area (Å²) in [5, 5.41) is 23.5. The molecule has 2 rings (SSSR count). The minimum Gasteiger partial charge on any atom is -0.476 e. The lowest BCUT2D eigenvalue weighted by atomic mass is 10.1. The monoisotopic (exact) mass is 261 g/mol. The number of nitro benzene ring substituents is 1. The van der Waals surface area contributed by atoms with Crippen LogP contribution in [0.3, 0.4) is 0 Å². The van der Waals surface area contributed by atoms with E-state index in [9.17, 15) is 14.9 Å². The van der Waals surface area contributed by atoms with E-state index in [0.717, 1.165) is 5.56 Å². The van der Waals surface area contributed by atoms with Gasteiger partial charge in [-0.2, -0.15) is 5.10 Å². The smallest absolute Gasteiger partial charge is 0.356 e. The molecule has 0 atom stereocenters. The van der Waals surface area contributed by atoms with Gasteiger partial charge in [-0.25, -0.2) is 4.79 Å². The van der Waals surface area contributed by atoms with Crippen molar-refractivity contribution in [2.45, 2.75) is 13.5 Å². The van der Waals surface area contributed by atoms with Gasteiger partial charge in [-0.1, -0.05) is 12.1 Å². The quantitative estimate of drug-likeness (QED) is 0.668. The third-order valence-electron chi connectivity index (χ3n) is 2.81. The van der Waals surface area contributed by atoms with Gasteiger partial charge in [0.1, 0.15) is 0 Å². The highest BCUT2D eigenvalue weighted by atomic mass is 16.6. The van der Waals surface area contributed by atoms with Crippen molar-refractivity contribution < 1.29 is 14.8 Å². The number of nitro groups is 1. The summed E-state index contributed by atoms with van der Waals surface area (Å²) in [4.78, 5) is 21.1. The maximum absolute atomic E-state index is 10.8. The van der Waals surface area contributed by atoms with Gasteiger partial charge in [0.25, 0.3) is 5.69 Å². The predicted octanol–water partition coefficient (Wildman–Crippen LogP) is 1.85. The Kier molecular flexibility index (Phi) is 3.28. The minimum absolute atomic E-state index is 0.0446. The highest BCUT2D eigenvalue weighted by Crippen LogP contribution is 2.21. The zero-order valence-corrected chi connectivity index (χ0v) is 10.1. The molecule has 0 radical (unpaired) electrons. The molecule has 0 aliphatic carbocycles. The molecule has 0 amide bonds. The van der Waals surface area contributed by atoms with Crippen LogP contribution in [0.15, 0.2) is 30.5 Å². The van der Waals surface area contributed by atoms with Gasteiger partial charge in [0.2, 0.25) is 0 Å². The molecule has 0 aliphatic heterocycles. The van der Waals surface area contributed by atoms with Gasteiger partial charge in [0.05, 0.1) is 11.5 Å². The van der Waals surface area contributed by atoms with Crippen LogP contribution in [-0.2, 0) is 6.54 Å². The van der Waals surface area contributed by atoms with Gasteiger partial charge in [-0.05, 0) is 18.6 Å². The van der Waals surface area contributed by atoms with Crippen LogP contribution in [0.2, 0.25) is 0 Å². The molecular weight excluding hydrogens is 250 g/mol. The van der Waals surface area contributed by atoms with E-state index in [2.05, 4.69) is 5.10 Å². The van der Waals surface area contributed by atoms with E-state index in [1.807, 2.05) is 0 Å². The van der Waals surface area contributed by atoms with Crippen LogP contribution in [0.25, 0.3) is 0 Å². The molecule has 0 saturated heterocycles. The molecule has 0 fully saturated rings. The van der Waals surface area contributed by atoms with Crippen LogP contribution in [0.5, 0.6) is 0 Å². The Morgan fingerprint density at radius 1 is 1.47 bits per heavy atom. The number of carboxylic acids is 1. The molecule has 19 heavy (non-hydrogen) atoms. The molecule has 1 aromatic heterocycles. The largest absolute Gasteiger partial charge is 0.476 e. The fraction of sp³-hybridized carbons (Fsp3) is 0.167. The zero-order chi connectivity index (χ0) is 14.0. The van der Waals surface area contributed by atoms with Crippen molar-refractivity contribution in [1.82, 2.24) is 9.78 Å². The fourth-order valence-electron chi connectivity index (χ4n) is 1.78. The van der Waals surface area contributed by atoms with Crippen LogP contribution < -0.4 is 0 Å². The number of aromatic nitrogens is 2. The lowest BCUT2D eigenvalue weighted by molar-refractivity contribution is -0.385. The van der Waals surface area contributed by atoms with E-state index in [1.165, 1.54) is 23.0 Å². The number of carboxylic acid groups (broad SMARTS) is 1. The van der Waals surface area contributed by atoms with Crippen LogP contribution >= 0.6 is 0 Å². The van der Waals surface area contributed by atoms with E-state index in [-0.39, 0.29) is 11.4 Å². The molecule has 1 heterocycles. The molecule has 7 heteroatoms. The third-order valence-corrected chi connectivity index (χ3v) is 2.81. The van der Waals surface area contributed by atoms with Crippen LogP contribution in [0.4, 0.5) is 5.69 Å². The number of hydrogen-bond acceptors (Lipinski definition) is 4. The average molecular weight is 261 g/mol. The van der Waals surface area contributed by atoms with Crippen LogP contribution in [-0.4, -0.2) is 25.8 Å². The topological polar surface area (TPSA) is 98.3 Å². The number of nitrogens with zero attached hydrogens (tertiary/aromatic N) is 3. The molecule has 1 N–H and O–H groups in total. The SMILES string of the molecule is Cc1c(Cn2ccc(C(=O)O)n2)cccc1[N+](=O)[O-]. The minimum atomic E-state index is -1.10. The van der Waals surface area contributed by atoms with Crippen molar-refractivity contribution in [3.8, 4) is 0 Å². The van der Waals surface area contributed by atoms with Crippen molar-refractivity contribution in [2.24, 2.45) is 0 Å². The first kappa shape index (κ1) is 12.7. The summed E-state index contributed by atoms with van der Waals surface area (Å²) in [5.41, 5.74) is 1.28. The Labute approximate surface area is 108 Å². The molecule has 7 nitrogen and oxygen atoms in total. The van der Waals surface area contributed by atoms with E-state index >= 15 is 0 Å². The maximum Gasteiger partial charge on any atom is 0.356 e. The standard InChI is InChI=1S/C12H11N3O4/c1-8-9(3-2-4-11(8)15(18)19)7-14-6-5-10(13-14)12(16)17/h2-6H,7H2,1H3,(H,16,17). The molecule has 1 aromatic carbocycles. The fourth-order valence-corrected chi connectivity index (χ4v) is 1.78. The summed E-state index contributed by atoms with van der Waals surface area (Å²) in [6.45, 7) is 1.95. The Bertz CT molecular complexity index is 648. The van der Waals surface area contributed by atoms with Gasteiger partial charge < -0.3 is 5.11 Å². The summed E-state index contributed by atoms with van der Waals surface area (Å²) >= 11 is 0. The van der Waals surface area contributed by atoms with E-state index in [0.29, 0.717) is 12.1 Å². The van der Waals surface area contributed by atoms with Crippen LogP contribution in [0, 0.1) is 17.0 Å².